The molecule has 3 rings (SSSR count). The Morgan fingerprint density at radius 1 is 1.04 bits per heavy atom. The van der Waals surface area contributed by atoms with Gasteiger partial charge in [0.25, 0.3) is 0 Å². The summed E-state index contributed by atoms with van der Waals surface area (Å²) in [7, 11) is 9.08. The number of amides is 2. The number of anilines is 1. The zero-order chi connectivity index (χ0) is 37.4. The first kappa shape index (κ1) is 42.1. The lowest BCUT2D eigenvalue weighted by Crippen LogP contribution is -2.59. The Bertz CT molecular complexity index is 1220. The molecule has 2 aliphatic heterocycles. The molecule has 286 valence electrons. The number of urea groups is 1. The second-order valence-electron chi connectivity index (χ2n) is 15.3. The number of nitrogens with one attached hydrogen (secondary N) is 1. The molecule has 2 heterocycles. The molecule has 2 fully saturated rings. The number of ether oxygens (including phenoxy) is 5. The van der Waals surface area contributed by atoms with E-state index in [-0.39, 0.29) is 43.0 Å². The fourth-order valence-corrected chi connectivity index (χ4v) is 7.34. The van der Waals surface area contributed by atoms with E-state index in [0.29, 0.717) is 37.2 Å². The van der Waals surface area contributed by atoms with Gasteiger partial charge in [0, 0.05) is 44.4 Å². The van der Waals surface area contributed by atoms with Crippen LogP contribution in [0.3, 0.4) is 0 Å². The smallest absolute Gasteiger partial charge is 0.321 e. The van der Waals surface area contributed by atoms with Crippen LogP contribution in [0, 0.1) is 17.3 Å². The van der Waals surface area contributed by atoms with Crippen molar-refractivity contribution >= 4 is 17.5 Å². The first-order chi connectivity index (χ1) is 23.4. The van der Waals surface area contributed by atoms with Crippen LogP contribution in [0.25, 0.3) is 0 Å². The molecule has 2 saturated heterocycles. The predicted molar refractivity (Wildman–Crippen MR) is 192 cm³/mol. The number of aliphatic hydroxyl groups is 2. The molecule has 13 nitrogen and oxygen atoms in total. The van der Waals surface area contributed by atoms with Gasteiger partial charge in [-0.3, -0.25) is 4.79 Å². The Morgan fingerprint density at radius 3 is 2.30 bits per heavy atom. The minimum Gasteiger partial charge on any atom is -0.497 e. The summed E-state index contributed by atoms with van der Waals surface area (Å²) < 4.78 is 30.2. The van der Waals surface area contributed by atoms with Gasteiger partial charge in [-0.05, 0) is 105 Å². The Kier molecular flexibility index (Phi) is 15.5. The van der Waals surface area contributed by atoms with Crippen molar-refractivity contribution in [2.24, 2.45) is 17.3 Å². The summed E-state index contributed by atoms with van der Waals surface area (Å²) in [4.78, 5) is 33.6. The van der Waals surface area contributed by atoms with Gasteiger partial charge in [-0.2, -0.15) is 0 Å². The molecule has 1 aromatic rings. The molecule has 2 aliphatic rings. The molecule has 0 saturated carbocycles. The standard InChI is InChI=1S/C37H64N4O9/c1-24-22-37(6,47-11)32(50-33-30(42)29(39(7)8)21-25(2)49-33)26(3)31(43)36(4,5)34(44)48-20-19-41(18-12-17-40(9)23-24)35(45)38-27-13-15-28(46-10)16-14-27/h13-16,24-26,29-30,32-34,42,44H,12,17-23H2,1-11H3,(H,38,45)/t24-,25-,26+,29+,30-,32-,33+,34?,37-/m1/s1. The van der Waals surface area contributed by atoms with Gasteiger partial charge in [0.15, 0.2) is 12.6 Å². The third-order valence-corrected chi connectivity index (χ3v) is 10.4. The molecule has 0 bridgehead atoms. The SMILES string of the molecule is COc1ccc(NC(=O)N2CCCN(C)C[C@H](C)C[C@@](C)(OC)[C@H](O[C@@H]3O[C@H](C)C[C@H](N(C)C)[C@H]3O)[C@@H](C)C(=O)C(C)(C)C(O)OCC2)cc1. The second-order valence-corrected chi connectivity index (χ2v) is 15.3. The van der Waals surface area contributed by atoms with Crippen LogP contribution in [-0.2, 0) is 23.7 Å². The quantitative estimate of drug-likeness (QED) is 0.399. The molecule has 1 unspecified atom stereocenters. The van der Waals surface area contributed by atoms with Crippen LogP contribution >= 0.6 is 0 Å². The van der Waals surface area contributed by atoms with E-state index in [1.807, 2.05) is 39.9 Å². The number of nitrogens with zero attached hydrogens (tertiary/aromatic N) is 3. The molecule has 50 heavy (non-hydrogen) atoms. The van der Waals surface area contributed by atoms with E-state index < -0.39 is 41.7 Å². The van der Waals surface area contributed by atoms with Crippen molar-refractivity contribution in [1.82, 2.24) is 14.7 Å². The van der Waals surface area contributed by atoms with Crippen LogP contribution in [0.4, 0.5) is 10.5 Å². The average molecular weight is 709 g/mol. The highest BCUT2D eigenvalue weighted by Gasteiger charge is 2.50. The van der Waals surface area contributed by atoms with Gasteiger partial charge in [-0.25, -0.2) is 4.79 Å². The molecule has 2 amide bonds. The summed E-state index contributed by atoms with van der Waals surface area (Å²) >= 11 is 0. The van der Waals surface area contributed by atoms with Gasteiger partial charge >= 0.3 is 6.03 Å². The van der Waals surface area contributed by atoms with Crippen LogP contribution in [0.2, 0.25) is 0 Å². The molecule has 13 heteroatoms. The van der Waals surface area contributed by atoms with Crippen molar-refractivity contribution < 1.29 is 43.5 Å². The van der Waals surface area contributed by atoms with Crippen molar-refractivity contribution in [2.45, 2.75) is 103 Å². The number of carbonyl (C=O) groups excluding carboxylic acids is 2. The molecule has 1 aromatic carbocycles. The zero-order valence-corrected chi connectivity index (χ0v) is 32.2. The molecule has 9 atom stereocenters. The normalized spacial score (nSPS) is 34.3. The highest BCUT2D eigenvalue weighted by molar-refractivity contribution is 5.89. The number of benzene rings is 1. The highest BCUT2D eigenvalue weighted by atomic mass is 16.7. The van der Waals surface area contributed by atoms with Crippen molar-refractivity contribution in [3.8, 4) is 5.75 Å². The lowest BCUT2D eigenvalue weighted by molar-refractivity contribution is -0.296. The average Bonchev–Trinajstić information content (AvgIpc) is 3.06. The summed E-state index contributed by atoms with van der Waals surface area (Å²) in [5, 5.41) is 25.6. The van der Waals surface area contributed by atoms with Crippen LogP contribution in [0.1, 0.15) is 60.8 Å². The lowest BCUT2D eigenvalue weighted by atomic mass is 9.73. The van der Waals surface area contributed by atoms with Crippen LogP contribution < -0.4 is 10.1 Å². The maximum Gasteiger partial charge on any atom is 0.321 e. The van der Waals surface area contributed by atoms with E-state index in [1.54, 1.807) is 64.2 Å². The summed E-state index contributed by atoms with van der Waals surface area (Å²) in [6.07, 6.45) is -2.54. The van der Waals surface area contributed by atoms with Crippen LogP contribution in [-0.4, -0.2) is 147 Å². The molecule has 0 aliphatic carbocycles. The Morgan fingerprint density at radius 2 is 1.70 bits per heavy atom. The third kappa shape index (κ3) is 10.8. The van der Waals surface area contributed by atoms with Gasteiger partial charge < -0.3 is 53.9 Å². The van der Waals surface area contributed by atoms with Gasteiger partial charge in [0.2, 0.25) is 0 Å². The first-order valence-corrected chi connectivity index (χ1v) is 17.9. The topological polar surface area (TPSA) is 142 Å². The monoisotopic (exact) mass is 708 g/mol. The minimum atomic E-state index is -1.46. The largest absolute Gasteiger partial charge is 0.497 e. The van der Waals surface area contributed by atoms with E-state index in [9.17, 15) is 19.8 Å². The van der Waals surface area contributed by atoms with Gasteiger partial charge in [0.1, 0.15) is 17.6 Å². The number of aliphatic hydroxyl groups excluding tert-OH is 2. The van der Waals surface area contributed by atoms with Crippen LogP contribution in [0.15, 0.2) is 24.3 Å². The molecule has 0 spiro atoms. The van der Waals surface area contributed by atoms with Crippen molar-refractivity contribution in [1.29, 1.82) is 0 Å². The highest BCUT2D eigenvalue weighted by Crippen LogP contribution is 2.38. The van der Waals surface area contributed by atoms with Gasteiger partial charge in [0.05, 0.1) is 36.9 Å². The van der Waals surface area contributed by atoms with E-state index in [4.69, 9.17) is 23.7 Å². The summed E-state index contributed by atoms with van der Waals surface area (Å²) in [5.41, 5.74) is -1.68. The molecule has 0 radical (unpaired) electrons. The molecule has 0 aromatic heterocycles. The Hall–Kier alpha value is -2.36. The van der Waals surface area contributed by atoms with E-state index in [0.717, 1.165) is 13.1 Å². The second kappa shape index (κ2) is 18.4. The maximum atomic E-state index is 14.4. The Balaban J connectivity index is 1.90. The summed E-state index contributed by atoms with van der Waals surface area (Å²) in [6.45, 7) is 13.2. The van der Waals surface area contributed by atoms with Gasteiger partial charge in [-0.1, -0.05) is 13.8 Å². The number of methoxy groups -OCH3 is 2. The Labute approximate surface area is 299 Å². The number of Topliss-reactive ketones (excluding diaryl/α,β-unsaturated/α-hetero) is 1. The number of hydrogen-bond donors (Lipinski definition) is 3. The number of carbonyl (C=O) groups is 2. The van der Waals surface area contributed by atoms with Crippen molar-refractivity contribution in [2.75, 3.05) is 73.5 Å². The van der Waals surface area contributed by atoms with Gasteiger partial charge in [-0.15, -0.1) is 0 Å². The van der Waals surface area contributed by atoms with E-state index in [2.05, 4.69) is 17.1 Å². The minimum absolute atomic E-state index is 0.0107. The number of hydrogen-bond acceptors (Lipinski definition) is 11. The zero-order valence-electron chi connectivity index (χ0n) is 32.2. The first-order valence-electron chi connectivity index (χ1n) is 17.9. The molecular formula is C37H64N4O9. The third-order valence-electron chi connectivity index (χ3n) is 10.4. The fourth-order valence-electron chi connectivity index (χ4n) is 7.34. The predicted octanol–water partition coefficient (Wildman–Crippen LogP) is 3.67. The number of likely N-dealkylation sites (N-methyl/N-ethyl adjacent to an activating group) is 1. The summed E-state index contributed by atoms with van der Waals surface area (Å²) in [6, 6.07) is 6.60. The van der Waals surface area contributed by atoms with E-state index >= 15 is 0 Å². The maximum absolute atomic E-state index is 14.4. The number of ketones is 1. The molecular weight excluding hydrogens is 644 g/mol. The summed E-state index contributed by atoms with van der Waals surface area (Å²) in [5.74, 6) is -0.266. The van der Waals surface area contributed by atoms with Crippen LogP contribution in [0.5, 0.6) is 5.75 Å². The van der Waals surface area contributed by atoms with Crippen molar-refractivity contribution in [3.05, 3.63) is 24.3 Å². The fraction of sp³-hybridized carbons (Fsp3) is 0.784. The lowest BCUT2D eigenvalue weighted by Gasteiger charge is -2.47. The number of rotatable bonds is 6. The van der Waals surface area contributed by atoms with E-state index in [1.165, 1.54) is 0 Å². The molecule has 3 N–H and O–H groups in total. The van der Waals surface area contributed by atoms with Crippen molar-refractivity contribution in [3.63, 3.8) is 0 Å².